The Labute approximate surface area is 237 Å². The van der Waals surface area contributed by atoms with Gasteiger partial charge in [-0.25, -0.2) is 14.8 Å². The number of anilines is 2. The zero-order chi connectivity index (χ0) is 26.9. The van der Waals surface area contributed by atoms with Gasteiger partial charge in [-0.15, -0.1) is 11.3 Å². The Kier molecular flexibility index (Phi) is 7.74. The van der Waals surface area contributed by atoms with E-state index in [0.29, 0.717) is 14.5 Å². The summed E-state index contributed by atoms with van der Waals surface area (Å²) in [5.41, 5.74) is 4.52. The Balaban J connectivity index is 1.14. The number of nitrogens with zero attached hydrogens (tertiary/aromatic N) is 6. The van der Waals surface area contributed by atoms with E-state index in [2.05, 4.69) is 82.1 Å². The van der Waals surface area contributed by atoms with Gasteiger partial charge in [0.05, 0.1) is 17.2 Å². The lowest BCUT2D eigenvalue weighted by molar-refractivity contribution is 0.179. The van der Waals surface area contributed by atoms with Gasteiger partial charge in [0.15, 0.2) is 5.13 Å². The number of amides is 2. The fraction of sp³-hybridized carbons (Fsp3) is 0.483. The Morgan fingerprint density at radius 1 is 1.13 bits per heavy atom. The van der Waals surface area contributed by atoms with Gasteiger partial charge < -0.3 is 15.1 Å². The number of aryl methyl sites for hydroxylation is 2. The lowest BCUT2D eigenvalue weighted by Gasteiger charge is -2.38. The standard InChI is InChI=1S/C29H38N7OPS/c1-4-23-27(33(3)29-32-24(19-39-29)21-9-7-20(2)8-10-21)36-25(31-23)11-12-26(38-36)34-17-13-22(14-18-34)30-28(37)35-15-5-6-16-35/h7-12,19,22,26,38H,4-6,13-18H2,1-3H3,(H,30,37). The molecule has 0 spiro atoms. The van der Waals surface area contributed by atoms with Crippen molar-refractivity contribution >= 4 is 43.1 Å². The van der Waals surface area contributed by atoms with Crippen molar-refractivity contribution in [2.75, 3.05) is 38.1 Å². The number of urea groups is 1. The molecule has 6 rings (SSSR count). The second-order valence-corrected chi connectivity index (χ2v) is 12.9. The lowest BCUT2D eigenvalue weighted by atomic mass is 10.1. The SMILES string of the molecule is CCc1nc2n(c1N(C)c1nc(-c3ccc(C)cc3)cs1)PC(N1CCC(NC(=O)N3CCCC3)CC1)C=C2. The predicted octanol–water partition coefficient (Wildman–Crippen LogP) is 5.71. The third-order valence-corrected chi connectivity index (χ3v) is 10.5. The Hall–Kier alpha value is -2.74. The van der Waals surface area contributed by atoms with Crippen LogP contribution >= 0.6 is 20.1 Å². The number of carbonyl (C=O) groups is 1. The molecule has 0 aliphatic carbocycles. The van der Waals surface area contributed by atoms with Crippen molar-refractivity contribution in [3.05, 3.63) is 52.8 Å². The Morgan fingerprint density at radius 2 is 1.87 bits per heavy atom. The molecule has 2 unspecified atom stereocenters. The number of likely N-dealkylation sites (tertiary alicyclic amines) is 2. The third-order valence-electron chi connectivity index (χ3n) is 8.06. The van der Waals surface area contributed by atoms with Crippen molar-refractivity contribution < 1.29 is 4.79 Å². The number of imidazole rings is 1. The van der Waals surface area contributed by atoms with E-state index < -0.39 is 0 Å². The van der Waals surface area contributed by atoms with Crippen LogP contribution in [0, 0.1) is 6.92 Å². The first-order chi connectivity index (χ1) is 19.0. The minimum atomic E-state index is 0.126. The summed E-state index contributed by atoms with van der Waals surface area (Å²) in [5.74, 6) is 2.53. The molecule has 2 atom stereocenters. The normalized spacial score (nSPS) is 20.5. The largest absolute Gasteiger partial charge is 0.335 e. The molecule has 0 bridgehead atoms. The molecule has 3 aliphatic rings. The van der Waals surface area contributed by atoms with Crippen LogP contribution in [0.2, 0.25) is 0 Å². The molecule has 1 aromatic carbocycles. The number of rotatable bonds is 6. The number of benzene rings is 1. The number of fused-ring (bicyclic) bond motifs is 1. The molecule has 206 valence electrons. The third kappa shape index (κ3) is 5.49. The minimum absolute atomic E-state index is 0.126. The van der Waals surface area contributed by atoms with Crippen molar-refractivity contribution in [1.29, 1.82) is 0 Å². The lowest BCUT2D eigenvalue weighted by Crippen LogP contribution is -2.50. The van der Waals surface area contributed by atoms with Crippen molar-refractivity contribution in [1.82, 2.24) is 29.4 Å². The van der Waals surface area contributed by atoms with Crippen LogP contribution in [0.1, 0.15) is 49.7 Å². The molecule has 0 saturated carbocycles. The number of carbonyl (C=O) groups excluding carboxylic acids is 1. The molecule has 8 nitrogen and oxygen atoms in total. The number of aromatic nitrogens is 3. The van der Waals surface area contributed by atoms with Gasteiger partial charge in [-0.2, -0.15) is 0 Å². The van der Waals surface area contributed by atoms with Crippen molar-refractivity contribution in [3.63, 3.8) is 0 Å². The number of thiazole rings is 1. The molecule has 2 amide bonds. The number of nitrogens with one attached hydrogen (secondary N) is 1. The van der Waals surface area contributed by atoms with Crippen LogP contribution in [0.4, 0.5) is 15.7 Å². The van der Waals surface area contributed by atoms with E-state index in [0.717, 1.165) is 92.0 Å². The molecule has 39 heavy (non-hydrogen) atoms. The van der Waals surface area contributed by atoms with E-state index in [1.54, 1.807) is 11.3 Å². The average molecular weight is 564 g/mol. The maximum Gasteiger partial charge on any atom is 0.317 e. The highest BCUT2D eigenvalue weighted by Crippen LogP contribution is 2.42. The fourth-order valence-electron chi connectivity index (χ4n) is 5.73. The maximum absolute atomic E-state index is 12.6. The summed E-state index contributed by atoms with van der Waals surface area (Å²) < 4.78 is 2.40. The van der Waals surface area contributed by atoms with Gasteiger partial charge in [-0.3, -0.25) is 9.24 Å². The van der Waals surface area contributed by atoms with Gasteiger partial charge in [0.2, 0.25) is 0 Å². The summed E-state index contributed by atoms with van der Waals surface area (Å²) in [6.45, 7) is 8.08. The molecular weight excluding hydrogens is 525 g/mol. The molecule has 10 heteroatoms. The van der Waals surface area contributed by atoms with Gasteiger partial charge in [0, 0.05) is 58.9 Å². The van der Waals surface area contributed by atoms with Crippen LogP contribution in [-0.2, 0) is 6.42 Å². The molecule has 1 N–H and O–H groups in total. The van der Waals surface area contributed by atoms with Crippen molar-refractivity contribution in [2.24, 2.45) is 0 Å². The number of hydrogen-bond acceptors (Lipinski definition) is 6. The van der Waals surface area contributed by atoms with E-state index in [4.69, 9.17) is 9.97 Å². The fourth-order valence-corrected chi connectivity index (χ4v) is 8.05. The molecule has 5 heterocycles. The van der Waals surface area contributed by atoms with Gasteiger partial charge in [0.1, 0.15) is 11.6 Å². The highest BCUT2D eigenvalue weighted by molar-refractivity contribution is 7.37. The van der Waals surface area contributed by atoms with E-state index in [9.17, 15) is 4.79 Å². The molecule has 3 aliphatic heterocycles. The van der Waals surface area contributed by atoms with E-state index in [1.807, 2.05) is 4.90 Å². The Morgan fingerprint density at radius 3 is 2.59 bits per heavy atom. The van der Waals surface area contributed by atoms with Crippen LogP contribution in [0.25, 0.3) is 17.3 Å². The van der Waals surface area contributed by atoms with Crippen LogP contribution < -0.4 is 10.2 Å². The summed E-state index contributed by atoms with van der Waals surface area (Å²) in [6, 6.07) is 8.96. The average Bonchev–Trinajstić information content (AvgIpc) is 3.73. The van der Waals surface area contributed by atoms with Gasteiger partial charge in [-0.05, 0) is 45.1 Å². The molecular formula is C29H38N7OPS. The van der Waals surface area contributed by atoms with Crippen LogP contribution in [0.15, 0.2) is 35.7 Å². The highest BCUT2D eigenvalue weighted by atomic mass is 32.1. The van der Waals surface area contributed by atoms with Crippen molar-refractivity contribution in [2.45, 2.75) is 57.8 Å². The Bertz CT molecular complexity index is 1340. The zero-order valence-corrected chi connectivity index (χ0v) is 24.9. The molecule has 2 saturated heterocycles. The van der Waals surface area contributed by atoms with Crippen molar-refractivity contribution in [3.8, 4) is 11.3 Å². The summed E-state index contributed by atoms with van der Waals surface area (Å²) in [7, 11) is 2.68. The summed E-state index contributed by atoms with van der Waals surface area (Å²) in [6.07, 6.45) is 9.65. The minimum Gasteiger partial charge on any atom is -0.335 e. The van der Waals surface area contributed by atoms with E-state index >= 15 is 0 Å². The summed E-state index contributed by atoms with van der Waals surface area (Å²) in [4.78, 5) is 29.3. The first-order valence-electron chi connectivity index (χ1n) is 14.1. The van der Waals surface area contributed by atoms with Gasteiger partial charge in [-0.1, -0.05) is 42.8 Å². The predicted molar refractivity (Wildman–Crippen MR) is 162 cm³/mol. The summed E-state index contributed by atoms with van der Waals surface area (Å²) >= 11 is 1.68. The molecule has 3 aromatic rings. The quantitative estimate of drug-likeness (QED) is 0.389. The first-order valence-corrected chi connectivity index (χ1v) is 16.0. The maximum atomic E-state index is 12.6. The topological polar surface area (TPSA) is 69.5 Å². The van der Waals surface area contributed by atoms with Gasteiger partial charge in [0.25, 0.3) is 0 Å². The zero-order valence-electron chi connectivity index (χ0n) is 23.1. The molecule has 0 radical (unpaired) electrons. The number of hydrogen-bond donors (Lipinski definition) is 1. The van der Waals surface area contributed by atoms with Crippen LogP contribution in [0.5, 0.6) is 0 Å². The van der Waals surface area contributed by atoms with E-state index in [-0.39, 0.29) is 12.1 Å². The monoisotopic (exact) mass is 563 g/mol. The van der Waals surface area contributed by atoms with Gasteiger partial charge >= 0.3 is 6.03 Å². The first kappa shape index (κ1) is 26.5. The second kappa shape index (κ2) is 11.4. The van der Waals surface area contributed by atoms with Crippen LogP contribution in [0.3, 0.4) is 0 Å². The highest BCUT2D eigenvalue weighted by Gasteiger charge is 2.31. The summed E-state index contributed by atoms with van der Waals surface area (Å²) in [5, 5.41) is 6.41. The van der Waals surface area contributed by atoms with Crippen LogP contribution in [-0.4, -0.2) is 75.2 Å². The smallest absolute Gasteiger partial charge is 0.317 e. The van der Waals surface area contributed by atoms with E-state index in [1.165, 1.54) is 5.56 Å². The second-order valence-electron chi connectivity index (χ2n) is 10.8. The number of piperidine rings is 1. The molecule has 2 fully saturated rings. The molecule has 2 aromatic heterocycles.